The van der Waals surface area contributed by atoms with Crippen LogP contribution in [0, 0.1) is 5.92 Å². The number of rotatable bonds is 7. The molecule has 0 radical (unpaired) electrons. The van der Waals surface area contributed by atoms with Gasteiger partial charge in [-0.05, 0) is 30.7 Å². The topological polar surface area (TPSA) is 40.5 Å². The van der Waals surface area contributed by atoms with Crippen molar-refractivity contribution in [1.29, 1.82) is 0 Å². The van der Waals surface area contributed by atoms with Gasteiger partial charge in [0.15, 0.2) is 0 Å². The molecular formula is C16H24O2. The van der Waals surface area contributed by atoms with Gasteiger partial charge in [-0.1, -0.05) is 56.3 Å². The SMILES string of the molecule is CC(C)C(O)CCC/C=C/C(O)c1ccccc1. The Balaban J connectivity index is 2.25. The molecule has 0 aliphatic rings. The molecule has 1 aromatic rings. The molecule has 0 aromatic heterocycles. The largest absolute Gasteiger partial charge is 0.393 e. The minimum Gasteiger partial charge on any atom is -0.393 e. The van der Waals surface area contributed by atoms with E-state index in [0.717, 1.165) is 24.8 Å². The molecule has 2 N–H and O–H groups in total. The number of unbranched alkanes of at least 4 members (excludes halogenated alkanes) is 1. The highest BCUT2D eigenvalue weighted by molar-refractivity contribution is 5.20. The van der Waals surface area contributed by atoms with Crippen LogP contribution >= 0.6 is 0 Å². The molecule has 0 heterocycles. The van der Waals surface area contributed by atoms with Crippen molar-refractivity contribution in [3.63, 3.8) is 0 Å². The Labute approximate surface area is 110 Å². The van der Waals surface area contributed by atoms with Crippen molar-refractivity contribution in [2.75, 3.05) is 0 Å². The summed E-state index contributed by atoms with van der Waals surface area (Å²) >= 11 is 0. The number of allylic oxidation sites excluding steroid dienone is 1. The summed E-state index contributed by atoms with van der Waals surface area (Å²) in [5.41, 5.74) is 0.913. The molecule has 18 heavy (non-hydrogen) atoms. The van der Waals surface area contributed by atoms with Crippen molar-refractivity contribution < 1.29 is 10.2 Å². The maximum atomic E-state index is 9.88. The summed E-state index contributed by atoms with van der Waals surface area (Å²) in [6.45, 7) is 4.05. The molecule has 0 bridgehead atoms. The fourth-order valence-corrected chi connectivity index (χ4v) is 1.76. The zero-order valence-electron chi connectivity index (χ0n) is 11.3. The van der Waals surface area contributed by atoms with Crippen LogP contribution in [0.3, 0.4) is 0 Å². The molecule has 1 aromatic carbocycles. The van der Waals surface area contributed by atoms with Crippen molar-refractivity contribution in [2.45, 2.75) is 45.3 Å². The summed E-state index contributed by atoms with van der Waals surface area (Å²) in [5, 5.41) is 19.5. The molecule has 2 atom stereocenters. The van der Waals surface area contributed by atoms with E-state index in [0.29, 0.717) is 5.92 Å². The van der Waals surface area contributed by atoms with Gasteiger partial charge in [-0.25, -0.2) is 0 Å². The molecule has 0 aliphatic carbocycles. The molecule has 0 amide bonds. The van der Waals surface area contributed by atoms with Gasteiger partial charge in [0.25, 0.3) is 0 Å². The number of hydrogen-bond acceptors (Lipinski definition) is 2. The monoisotopic (exact) mass is 248 g/mol. The Kier molecular flexibility index (Phi) is 6.69. The van der Waals surface area contributed by atoms with Gasteiger partial charge in [0.2, 0.25) is 0 Å². The molecule has 0 saturated carbocycles. The zero-order chi connectivity index (χ0) is 13.4. The van der Waals surface area contributed by atoms with E-state index in [1.807, 2.05) is 56.3 Å². The van der Waals surface area contributed by atoms with Gasteiger partial charge in [-0.2, -0.15) is 0 Å². The van der Waals surface area contributed by atoms with E-state index in [4.69, 9.17) is 0 Å². The maximum Gasteiger partial charge on any atom is 0.0971 e. The van der Waals surface area contributed by atoms with E-state index in [1.54, 1.807) is 0 Å². The molecule has 1 rings (SSSR count). The Morgan fingerprint density at radius 2 is 1.78 bits per heavy atom. The molecule has 0 saturated heterocycles. The molecule has 0 spiro atoms. The Morgan fingerprint density at radius 1 is 1.11 bits per heavy atom. The third-order valence-electron chi connectivity index (χ3n) is 3.10. The highest BCUT2D eigenvalue weighted by atomic mass is 16.3. The maximum absolute atomic E-state index is 9.88. The van der Waals surface area contributed by atoms with Crippen LogP contribution in [0.1, 0.15) is 44.8 Å². The highest BCUT2D eigenvalue weighted by Gasteiger charge is 2.07. The van der Waals surface area contributed by atoms with Crippen LogP contribution in [0.5, 0.6) is 0 Å². The van der Waals surface area contributed by atoms with Gasteiger partial charge in [0.05, 0.1) is 12.2 Å². The third-order valence-corrected chi connectivity index (χ3v) is 3.10. The van der Waals surface area contributed by atoms with E-state index in [1.165, 1.54) is 0 Å². The predicted octanol–water partition coefficient (Wildman–Crippen LogP) is 3.46. The van der Waals surface area contributed by atoms with Crippen molar-refractivity contribution >= 4 is 0 Å². The molecule has 2 nitrogen and oxygen atoms in total. The summed E-state index contributed by atoms with van der Waals surface area (Å²) in [4.78, 5) is 0. The van der Waals surface area contributed by atoms with Crippen LogP contribution in [0.15, 0.2) is 42.5 Å². The summed E-state index contributed by atoms with van der Waals surface area (Å²) in [6.07, 6.45) is 5.75. The van der Waals surface area contributed by atoms with Gasteiger partial charge in [-0.15, -0.1) is 0 Å². The minimum atomic E-state index is -0.527. The van der Waals surface area contributed by atoms with Crippen molar-refractivity contribution in [3.8, 4) is 0 Å². The van der Waals surface area contributed by atoms with Crippen molar-refractivity contribution in [3.05, 3.63) is 48.0 Å². The average Bonchev–Trinajstić information content (AvgIpc) is 2.38. The standard InChI is InChI=1S/C16H24O2/c1-13(2)15(17)11-7-4-8-12-16(18)14-9-5-3-6-10-14/h3,5-6,8-10,12-13,15-18H,4,7,11H2,1-2H3/b12-8+. The van der Waals surface area contributed by atoms with E-state index in [-0.39, 0.29) is 6.10 Å². The molecule has 0 aliphatic heterocycles. The highest BCUT2D eigenvalue weighted by Crippen LogP contribution is 2.15. The number of aliphatic hydroxyl groups is 2. The van der Waals surface area contributed by atoms with Crippen molar-refractivity contribution in [1.82, 2.24) is 0 Å². The molecule has 100 valence electrons. The second kappa shape index (κ2) is 8.06. The van der Waals surface area contributed by atoms with Crippen LogP contribution < -0.4 is 0 Å². The van der Waals surface area contributed by atoms with Gasteiger partial charge in [-0.3, -0.25) is 0 Å². The Morgan fingerprint density at radius 3 is 2.39 bits per heavy atom. The van der Waals surface area contributed by atoms with Gasteiger partial charge >= 0.3 is 0 Å². The quantitative estimate of drug-likeness (QED) is 0.573. The molecular weight excluding hydrogens is 224 g/mol. The van der Waals surface area contributed by atoms with Crippen LogP contribution in [-0.2, 0) is 0 Å². The third kappa shape index (κ3) is 5.48. The smallest absolute Gasteiger partial charge is 0.0971 e. The second-order valence-corrected chi connectivity index (χ2v) is 5.03. The zero-order valence-corrected chi connectivity index (χ0v) is 11.3. The summed E-state index contributed by atoms with van der Waals surface area (Å²) in [5.74, 6) is 0.323. The first-order valence-corrected chi connectivity index (χ1v) is 6.69. The number of benzene rings is 1. The molecule has 0 fully saturated rings. The summed E-state index contributed by atoms with van der Waals surface area (Å²) < 4.78 is 0. The normalized spacial score (nSPS) is 15.2. The minimum absolute atomic E-state index is 0.211. The first-order valence-electron chi connectivity index (χ1n) is 6.69. The lowest BCUT2D eigenvalue weighted by Gasteiger charge is -2.13. The average molecular weight is 248 g/mol. The number of hydrogen-bond donors (Lipinski definition) is 2. The fourth-order valence-electron chi connectivity index (χ4n) is 1.76. The van der Waals surface area contributed by atoms with Crippen LogP contribution in [-0.4, -0.2) is 16.3 Å². The first kappa shape index (κ1) is 14.9. The van der Waals surface area contributed by atoms with Crippen LogP contribution in [0.2, 0.25) is 0 Å². The van der Waals surface area contributed by atoms with E-state index >= 15 is 0 Å². The first-order chi connectivity index (χ1) is 8.61. The lowest BCUT2D eigenvalue weighted by Crippen LogP contribution is -2.13. The van der Waals surface area contributed by atoms with Crippen LogP contribution in [0.25, 0.3) is 0 Å². The molecule has 2 unspecified atom stereocenters. The fraction of sp³-hybridized carbons (Fsp3) is 0.500. The lowest BCUT2D eigenvalue weighted by atomic mass is 10.0. The van der Waals surface area contributed by atoms with Crippen LogP contribution in [0.4, 0.5) is 0 Å². The predicted molar refractivity (Wildman–Crippen MR) is 75.2 cm³/mol. The second-order valence-electron chi connectivity index (χ2n) is 5.03. The Bertz CT molecular complexity index is 343. The van der Waals surface area contributed by atoms with E-state index in [9.17, 15) is 10.2 Å². The van der Waals surface area contributed by atoms with E-state index < -0.39 is 6.10 Å². The summed E-state index contributed by atoms with van der Waals surface area (Å²) in [7, 11) is 0. The van der Waals surface area contributed by atoms with Gasteiger partial charge in [0, 0.05) is 0 Å². The van der Waals surface area contributed by atoms with Crippen molar-refractivity contribution in [2.24, 2.45) is 5.92 Å². The lowest BCUT2D eigenvalue weighted by molar-refractivity contribution is 0.114. The Hall–Kier alpha value is -1.12. The van der Waals surface area contributed by atoms with Gasteiger partial charge < -0.3 is 10.2 Å². The number of aliphatic hydroxyl groups excluding tert-OH is 2. The summed E-state index contributed by atoms with van der Waals surface area (Å²) in [6, 6.07) is 9.61. The molecule has 2 heteroatoms. The van der Waals surface area contributed by atoms with E-state index in [2.05, 4.69) is 0 Å². The van der Waals surface area contributed by atoms with Gasteiger partial charge in [0.1, 0.15) is 0 Å².